The van der Waals surface area contributed by atoms with Gasteiger partial charge in [-0.2, -0.15) is 13.2 Å². The molecule has 0 fully saturated rings. The van der Waals surface area contributed by atoms with Gasteiger partial charge in [0.25, 0.3) is 0 Å². The van der Waals surface area contributed by atoms with E-state index in [0.717, 1.165) is 44.6 Å². The van der Waals surface area contributed by atoms with Gasteiger partial charge in [-0.05, 0) is 47.2 Å². The Morgan fingerprint density at radius 2 is 1.85 bits per heavy atom. The molecule has 0 aliphatic rings. The summed E-state index contributed by atoms with van der Waals surface area (Å²) in [7, 11) is 0. The molecule has 1 atom stereocenters. The summed E-state index contributed by atoms with van der Waals surface area (Å²) in [5, 5.41) is 15.5. The van der Waals surface area contributed by atoms with Crippen molar-refractivity contribution >= 4 is 27.2 Å². The summed E-state index contributed by atoms with van der Waals surface area (Å²) in [6.07, 6.45) is 0.0773. The fourth-order valence-electron chi connectivity index (χ4n) is 3.58. The summed E-state index contributed by atoms with van der Waals surface area (Å²) < 4.78 is 38.2. The highest BCUT2D eigenvalue weighted by Crippen LogP contribution is 2.35. The first-order valence-corrected chi connectivity index (χ1v) is 11.3. The average molecular weight is 473 g/mol. The summed E-state index contributed by atoms with van der Waals surface area (Å²) in [4.78, 5) is 9.74. The third kappa shape index (κ3) is 5.68. The van der Waals surface area contributed by atoms with Crippen LogP contribution in [-0.2, 0) is 19.0 Å². The van der Waals surface area contributed by atoms with Gasteiger partial charge < -0.3 is 16.2 Å². The first-order valence-electron chi connectivity index (χ1n) is 10.4. The molecule has 0 unspecified atom stereocenters. The zero-order chi connectivity index (χ0) is 23.4. The monoisotopic (exact) mass is 472 g/mol. The predicted octanol–water partition coefficient (Wildman–Crippen LogP) is 4.89. The van der Waals surface area contributed by atoms with Crippen LogP contribution in [0.4, 0.5) is 18.3 Å². The first kappa shape index (κ1) is 23.2. The Hall–Kier alpha value is -3.01. The molecule has 33 heavy (non-hydrogen) atoms. The number of halogens is 3. The van der Waals surface area contributed by atoms with E-state index in [-0.39, 0.29) is 12.6 Å². The van der Waals surface area contributed by atoms with Gasteiger partial charge in [-0.15, -0.1) is 0 Å². The van der Waals surface area contributed by atoms with Crippen molar-refractivity contribution in [2.24, 2.45) is 5.73 Å². The molecule has 0 radical (unpaired) electrons. The molecule has 0 bridgehead atoms. The summed E-state index contributed by atoms with van der Waals surface area (Å²) in [5.74, 6) is 0. The van der Waals surface area contributed by atoms with Gasteiger partial charge in [0.05, 0.1) is 16.1 Å². The van der Waals surface area contributed by atoms with Crippen LogP contribution < -0.4 is 11.1 Å². The van der Waals surface area contributed by atoms with Gasteiger partial charge >= 0.3 is 6.18 Å². The summed E-state index contributed by atoms with van der Waals surface area (Å²) in [6, 6.07) is 12.8. The van der Waals surface area contributed by atoms with Gasteiger partial charge in [0.2, 0.25) is 0 Å². The number of anilines is 1. The van der Waals surface area contributed by atoms with E-state index >= 15 is 0 Å². The van der Waals surface area contributed by atoms with Crippen molar-refractivity contribution in [1.29, 1.82) is 0 Å². The van der Waals surface area contributed by atoms with Gasteiger partial charge in [-0.1, -0.05) is 35.6 Å². The van der Waals surface area contributed by atoms with Crippen LogP contribution in [-0.4, -0.2) is 34.3 Å². The number of aromatic nitrogens is 2. The number of hydrogen-bond donors (Lipinski definition) is 3. The van der Waals surface area contributed by atoms with Crippen LogP contribution in [0.2, 0.25) is 0 Å². The number of fused-ring (bicyclic) bond motifs is 1. The molecule has 2 aromatic carbocycles. The minimum atomic E-state index is -4.35. The first-order chi connectivity index (χ1) is 15.8. The lowest BCUT2D eigenvalue weighted by molar-refractivity contribution is -0.137. The van der Waals surface area contributed by atoms with Crippen LogP contribution >= 0.6 is 11.3 Å². The minimum absolute atomic E-state index is 0.0128. The SMILES string of the molecule is N[C@H](CNc1nc(CCO)c(-c2ccc3cnccc3c2)s1)Cc1ccc(C(F)(F)F)cc1. The predicted molar refractivity (Wildman–Crippen MR) is 125 cm³/mol. The lowest BCUT2D eigenvalue weighted by atomic mass is 10.0. The number of alkyl halides is 3. The molecular weight excluding hydrogens is 449 g/mol. The zero-order valence-corrected chi connectivity index (χ0v) is 18.5. The quantitative estimate of drug-likeness (QED) is 0.340. The molecule has 5 nitrogen and oxygen atoms in total. The Bertz CT molecular complexity index is 1220. The smallest absolute Gasteiger partial charge is 0.396 e. The Balaban J connectivity index is 1.44. The van der Waals surface area contributed by atoms with Gasteiger partial charge in [-0.3, -0.25) is 4.98 Å². The highest BCUT2D eigenvalue weighted by atomic mass is 32.1. The maximum Gasteiger partial charge on any atom is 0.416 e. The number of benzene rings is 2. The highest BCUT2D eigenvalue weighted by molar-refractivity contribution is 7.19. The van der Waals surface area contributed by atoms with Crippen LogP contribution in [0.1, 0.15) is 16.8 Å². The second-order valence-electron chi connectivity index (χ2n) is 7.75. The number of aliphatic hydroxyl groups is 1. The Morgan fingerprint density at radius 3 is 2.58 bits per heavy atom. The van der Waals surface area contributed by atoms with Crippen LogP contribution in [0.15, 0.2) is 60.9 Å². The van der Waals surface area contributed by atoms with Crippen LogP contribution in [0.25, 0.3) is 21.2 Å². The maximum atomic E-state index is 12.7. The standard InChI is InChI=1S/C24H23F3N4OS/c25-24(26,27)19-5-1-15(2-6-19)11-20(28)14-30-23-31-21(8-10-32)22(33-23)17-3-4-18-13-29-9-7-16(18)12-17/h1-7,9,12-13,20,32H,8,10-11,14,28H2,(H,30,31)/t20-/m0/s1. The van der Waals surface area contributed by atoms with Crippen molar-refractivity contribution < 1.29 is 18.3 Å². The van der Waals surface area contributed by atoms with E-state index in [4.69, 9.17) is 5.73 Å². The fourth-order valence-corrected chi connectivity index (χ4v) is 4.59. The summed E-state index contributed by atoms with van der Waals surface area (Å²) in [6.45, 7) is 0.400. The molecule has 0 aliphatic carbocycles. The number of nitrogens with one attached hydrogen (secondary N) is 1. The van der Waals surface area contributed by atoms with Crippen molar-refractivity contribution in [3.63, 3.8) is 0 Å². The second-order valence-corrected chi connectivity index (χ2v) is 8.74. The van der Waals surface area contributed by atoms with E-state index in [1.165, 1.54) is 23.5 Å². The van der Waals surface area contributed by atoms with Crippen molar-refractivity contribution in [3.8, 4) is 10.4 Å². The molecule has 4 N–H and O–H groups in total. The van der Waals surface area contributed by atoms with Crippen molar-refractivity contribution in [2.75, 3.05) is 18.5 Å². The maximum absolute atomic E-state index is 12.7. The molecule has 0 aliphatic heterocycles. The van der Waals surface area contributed by atoms with Crippen molar-refractivity contribution in [2.45, 2.75) is 25.1 Å². The fraction of sp³-hybridized carbons (Fsp3) is 0.250. The van der Waals surface area contributed by atoms with E-state index in [1.54, 1.807) is 6.20 Å². The number of aliphatic hydroxyl groups excluding tert-OH is 1. The Morgan fingerprint density at radius 1 is 1.06 bits per heavy atom. The Labute approximate surface area is 193 Å². The van der Waals surface area contributed by atoms with Crippen LogP contribution in [0.5, 0.6) is 0 Å². The molecular formula is C24H23F3N4OS. The third-order valence-corrected chi connectivity index (χ3v) is 6.35. The molecule has 2 heterocycles. The second kappa shape index (κ2) is 9.86. The molecule has 4 aromatic rings. The molecule has 0 spiro atoms. The number of thiazole rings is 1. The van der Waals surface area contributed by atoms with Crippen molar-refractivity contribution in [1.82, 2.24) is 9.97 Å². The topological polar surface area (TPSA) is 84.1 Å². The largest absolute Gasteiger partial charge is 0.416 e. The van der Waals surface area contributed by atoms with Crippen LogP contribution in [0.3, 0.4) is 0 Å². The number of nitrogens with zero attached hydrogens (tertiary/aromatic N) is 2. The molecule has 0 saturated carbocycles. The van der Waals surface area contributed by atoms with Gasteiger partial charge in [0.15, 0.2) is 5.13 Å². The minimum Gasteiger partial charge on any atom is -0.396 e. The third-order valence-electron chi connectivity index (χ3n) is 5.24. The molecule has 0 saturated heterocycles. The highest BCUT2D eigenvalue weighted by Gasteiger charge is 2.29. The van der Waals surface area contributed by atoms with Gasteiger partial charge in [0, 0.05) is 43.4 Å². The summed E-state index contributed by atoms with van der Waals surface area (Å²) >= 11 is 1.48. The number of hydrogen-bond acceptors (Lipinski definition) is 6. The summed E-state index contributed by atoms with van der Waals surface area (Å²) in [5.41, 5.74) is 8.08. The molecule has 172 valence electrons. The van der Waals surface area contributed by atoms with E-state index in [0.29, 0.717) is 24.5 Å². The molecule has 9 heteroatoms. The van der Waals surface area contributed by atoms with E-state index in [2.05, 4.69) is 21.4 Å². The Kier molecular flexibility index (Phi) is 6.92. The van der Waals surface area contributed by atoms with Crippen LogP contribution in [0, 0.1) is 0 Å². The van der Waals surface area contributed by atoms with Gasteiger partial charge in [0.1, 0.15) is 0 Å². The normalized spacial score (nSPS) is 12.8. The molecule has 4 rings (SSSR count). The van der Waals surface area contributed by atoms with E-state index < -0.39 is 11.7 Å². The number of rotatable bonds is 8. The van der Waals surface area contributed by atoms with E-state index in [9.17, 15) is 18.3 Å². The zero-order valence-electron chi connectivity index (χ0n) is 17.6. The lowest BCUT2D eigenvalue weighted by Gasteiger charge is -2.13. The van der Waals surface area contributed by atoms with Gasteiger partial charge in [-0.25, -0.2) is 4.98 Å². The lowest BCUT2D eigenvalue weighted by Crippen LogP contribution is -2.31. The molecule has 2 aromatic heterocycles. The van der Waals surface area contributed by atoms with Crippen molar-refractivity contribution in [3.05, 3.63) is 77.7 Å². The number of nitrogens with two attached hydrogens (primary N) is 1. The van der Waals surface area contributed by atoms with E-state index in [1.807, 2.05) is 24.4 Å². The molecule has 0 amide bonds. The average Bonchev–Trinajstić information content (AvgIpc) is 3.20. The number of pyridine rings is 1.